The molecule has 0 fully saturated rings. The Morgan fingerprint density at radius 2 is 2.25 bits per heavy atom. The molecule has 3 nitrogen and oxygen atoms in total. The highest BCUT2D eigenvalue weighted by atomic mass is 16.1. The molecular weight excluding hydrogens is 152 g/mol. The largest absolute Gasteiger partial charge is 0.356 e. The van der Waals surface area contributed by atoms with Crippen LogP contribution in [0.4, 0.5) is 0 Å². The maximum absolute atomic E-state index is 10.9. The Kier molecular flexibility index (Phi) is 7.41. The van der Waals surface area contributed by atoms with E-state index in [9.17, 15) is 4.79 Å². The van der Waals surface area contributed by atoms with Crippen molar-refractivity contribution in [3.63, 3.8) is 0 Å². The molecule has 12 heavy (non-hydrogen) atoms. The average molecular weight is 168 g/mol. The summed E-state index contributed by atoms with van der Waals surface area (Å²) in [5.41, 5.74) is 0. The zero-order chi connectivity index (χ0) is 9.23. The summed E-state index contributed by atoms with van der Waals surface area (Å²) in [6, 6.07) is 0. The second-order valence-electron chi connectivity index (χ2n) is 2.31. The second-order valence-corrected chi connectivity index (χ2v) is 2.31. The van der Waals surface area contributed by atoms with Crippen LogP contribution in [-0.4, -0.2) is 25.5 Å². The van der Waals surface area contributed by atoms with Crippen LogP contribution in [0.5, 0.6) is 0 Å². The summed E-state index contributed by atoms with van der Waals surface area (Å²) in [7, 11) is 0. The van der Waals surface area contributed by atoms with Crippen LogP contribution in [-0.2, 0) is 4.79 Å². The predicted molar refractivity (Wildman–Crippen MR) is 49.6 cm³/mol. The molecular formula is C9H16N2O. The van der Waals surface area contributed by atoms with Crippen molar-refractivity contribution in [2.24, 2.45) is 0 Å². The van der Waals surface area contributed by atoms with E-state index < -0.39 is 0 Å². The summed E-state index contributed by atoms with van der Waals surface area (Å²) in [4.78, 5) is 10.9. The first-order valence-corrected chi connectivity index (χ1v) is 4.18. The van der Waals surface area contributed by atoms with Crippen LogP contribution < -0.4 is 10.6 Å². The second kappa shape index (κ2) is 8.09. The number of carbonyl (C=O) groups excluding carboxylic acids is 1. The van der Waals surface area contributed by atoms with E-state index in [0.29, 0.717) is 26.1 Å². The minimum Gasteiger partial charge on any atom is -0.356 e. The van der Waals surface area contributed by atoms with E-state index in [1.54, 1.807) is 6.92 Å². The molecule has 2 N–H and O–H groups in total. The van der Waals surface area contributed by atoms with Gasteiger partial charge in [0.2, 0.25) is 5.91 Å². The van der Waals surface area contributed by atoms with Crippen molar-refractivity contribution in [3.8, 4) is 11.8 Å². The fourth-order valence-electron chi connectivity index (χ4n) is 0.727. The fourth-order valence-corrected chi connectivity index (χ4v) is 0.727. The summed E-state index contributed by atoms with van der Waals surface area (Å²) in [5.74, 6) is 5.72. The minimum atomic E-state index is 0.0921. The van der Waals surface area contributed by atoms with Gasteiger partial charge < -0.3 is 10.6 Å². The standard InChI is InChI=1S/C9H16N2O/c1-3-5-7-10-8-6-9(12)11-4-2/h10H,4,6-8H2,1-2H3,(H,11,12). The van der Waals surface area contributed by atoms with Gasteiger partial charge in [-0.3, -0.25) is 4.79 Å². The monoisotopic (exact) mass is 168 g/mol. The Labute approximate surface area is 73.9 Å². The van der Waals surface area contributed by atoms with E-state index >= 15 is 0 Å². The summed E-state index contributed by atoms with van der Waals surface area (Å²) in [6.07, 6.45) is 0.527. The van der Waals surface area contributed by atoms with Gasteiger partial charge in [-0.05, 0) is 13.8 Å². The van der Waals surface area contributed by atoms with Crippen LogP contribution >= 0.6 is 0 Å². The Morgan fingerprint density at radius 3 is 2.83 bits per heavy atom. The van der Waals surface area contributed by atoms with Gasteiger partial charge >= 0.3 is 0 Å². The van der Waals surface area contributed by atoms with E-state index in [1.807, 2.05) is 6.92 Å². The van der Waals surface area contributed by atoms with Crippen molar-refractivity contribution >= 4 is 5.91 Å². The van der Waals surface area contributed by atoms with Crippen LogP contribution in [0.1, 0.15) is 20.3 Å². The number of rotatable bonds is 5. The van der Waals surface area contributed by atoms with E-state index in [-0.39, 0.29) is 5.91 Å². The van der Waals surface area contributed by atoms with Crippen LogP contribution in [0.15, 0.2) is 0 Å². The van der Waals surface area contributed by atoms with E-state index in [0.717, 1.165) is 0 Å². The fraction of sp³-hybridized carbons (Fsp3) is 0.667. The number of carbonyl (C=O) groups is 1. The molecule has 0 radical (unpaired) electrons. The van der Waals surface area contributed by atoms with Gasteiger partial charge in [0.1, 0.15) is 0 Å². The van der Waals surface area contributed by atoms with Crippen molar-refractivity contribution in [2.75, 3.05) is 19.6 Å². The zero-order valence-corrected chi connectivity index (χ0v) is 7.74. The predicted octanol–water partition coefficient (Wildman–Crippen LogP) is 0.125. The minimum absolute atomic E-state index is 0.0921. The molecule has 0 aliphatic rings. The summed E-state index contributed by atoms with van der Waals surface area (Å²) in [5, 5.41) is 5.76. The molecule has 0 bridgehead atoms. The van der Waals surface area contributed by atoms with Crippen LogP contribution in [0, 0.1) is 11.8 Å². The molecule has 0 saturated carbocycles. The average Bonchev–Trinajstić information content (AvgIpc) is 2.05. The third kappa shape index (κ3) is 7.10. The Morgan fingerprint density at radius 1 is 1.50 bits per heavy atom. The maximum Gasteiger partial charge on any atom is 0.221 e. The van der Waals surface area contributed by atoms with Crippen molar-refractivity contribution in [2.45, 2.75) is 20.3 Å². The lowest BCUT2D eigenvalue weighted by atomic mass is 10.4. The van der Waals surface area contributed by atoms with Crippen LogP contribution in [0.2, 0.25) is 0 Å². The van der Waals surface area contributed by atoms with Gasteiger partial charge in [-0.25, -0.2) is 0 Å². The first-order chi connectivity index (χ1) is 5.81. The van der Waals surface area contributed by atoms with Gasteiger partial charge in [0.25, 0.3) is 0 Å². The van der Waals surface area contributed by atoms with E-state index in [4.69, 9.17) is 0 Å². The van der Waals surface area contributed by atoms with Gasteiger partial charge in [-0.15, -0.1) is 5.92 Å². The number of hydrogen-bond donors (Lipinski definition) is 2. The van der Waals surface area contributed by atoms with E-state index in [2.05, 4.69) is 22.5 Å². The lowest BCUT2D eigenvalue weighted by Gasteiger charge is -2.01. The summed E-state index contributed by atoms with van der Waals surface area (Å²) >= 11 is 0. The highest BCUT2D eigenvalue weighted by molar-refractivity contribution is 5.75. The Balaban J connectivity index is 3.17. The molecule has 68 valence electrons. The molecule has 0 heterocycles. The van der Waals surface area contributed by atoms with Gasteiger partial charge in [0.05, 0.1) is 6.54 Å². The molecule has 0 aromatic carbocycles. The maximum atomic E-state index is 10.9. The molecule has 0 aromatic rings. The first kappa shape index (κ1) is 11.0. The zero-order valence-electron chi connectivity index (χ0n) is 7.74. The molecule has 0 saturated heterocycles. The summed E-state index contributed by atoms with van der Waals surface area (Å²) < 4.78 is 0. The topological polar surface area (TPSA) is 41.1 Å². The third-order valence-corrected chi connectivity index (χ3v) is 1.29. The normalized spacial score (nSPS) is 8.50. The van der Waals surface area contributed by atoms with Crippen molar-refractivity contribution in [1.82, 2.24) is 10.6 Å². The van der Waals surface area contributed by atoms with Crippen LogP contribution in [0.25, 0.3) is 0 Å². The lowest BCUT2D eigenvalue weighted by molar-refractivity contribution is -0.120. The van der Waals surface area contributed by atoms with Crippen molar-refractivity contribution in [3.05, 3.63) is 0 Å². The highest BCUT2D eigenvalue weighted by Gasteiger charge is 1.96. The third-order valence-electron chi connectivity index (χ3n) is 1.29. The molecule has 0 aliphatic carbocycles. The smallest absolute Gasteiger partial charge is 0.221 e. The number of amides is 1. The Hall–Kier alpha value is -1.01. The molecule has 0 aromatic heterocycles. The summed E-state index contributed by atoms with van der Waals surface area (Å²) in [6.45, 7) is 5.77. The molecule has 0 rings (SSSR count). The van der Waals surface area contributed by atoms with Gasteiger partial charge in [-0.2, -0.15) is 0 Å². The molecule has 1 amide bonds. The highest BCUT2D eigenvalue weighted by Crippen LogP contribution is 1.75. The first-order valence-electron chi connectivity index (χ1n) is 4.18. The molecule has 0 aliphatic heterocycles. The molecule has 0 spiro atoms. The van der Waals surface area contributed by atoms with Crippen LogP contribution in [0.3, 0.4) is 0 Å². The molecule has 3 heteroatoms. The number of hydrogen-bond acceptors (Lipinski definition) is 2. The van der Waals surface area contributed by atoms with Crippen molar-refractivity contribution < 1.29 is 4.79 Å². The van der Waals surface area contributed by atoms with Gasteiger partial charge in [-0.1, -0.05) is 5.92 Å². The molecule has 0 unspecified atom stereocenters. The lowest BCUT2D eigenvalue weighted by Crippen LogP contribution is -2.27. The van der Waals surface area contributed by atoms with Crippen molar-refractivity contribution in [1.29, 1.82) is 0 Å². The van der Waals surface area contributed by atoms with Gasteiger partial charge in [0, 0.05) is 19.5 Å². The SMILES string of the molecule is CC#CCNCCC(=O)NCC. The quantitative estimate of drug-likeness (QED) is 0.452. The van der Waals surface area contributed by atoms with E-state index in [1.165, 1.54) is 0 Å². The van der Waals surface area contributed by atoms with Gasteiger partial charge in [0.15, 0.2) is 0 Å². The Bertz CT molecular complexity index is 179. The number of nitrogens with one attached hydrogen (secondary N) is 2. The molecule has 0 atom stereocenters.